The number of nitrogens with two attached hydrogens (primary N) is 1. The van der Waals surface area contributed by atoms with Crippen LogP contribution in [0.5, 0.6) is 0 Å². The lowest BCUT2D eigenvalue weighted by Gasteiger charge is -2.36. The molecule has 1 aliphatic carbocycles. The van der Waals surface area contributed by atoms with E-state index in [0.29, 0.717) is 30.0 Å². The normalized spacial score (nSPS) is 21.1. The van der Waals surface area contributed by atoms with E-state index in [1.807, 2.05) is 13.0 Å². The summed E-state index contributed by atoms with van der Waals surface area (Å²) in [4.78, 5) is 11.6. The van der Waals surface area contributed by atoms with Gasteiger partial charge in [-0.1, -0.05) is 0 Å². The molecule has 0 amide bonds. The van der Waals surface area contributed by atoms with Gasteiger partial charge < -0.3 is 20.5 Å². The first kappa shape index (κ1) is 14.7. The van der Waals surface area contributed by atoms with E-state index in [1.165, 1.54) is 0 Å². The summed E-state index contributed by atoms with van der Waals surface area (Å²) >= 11 is 0. The lowest BCUT2D eigenvalue weighted by molar-refractivity contribution is 0.00300. The lowest BCUT2D eigenvalue weighted by atomic mass is 9.89. The highest BCUT2D eigenvalue weighted by molar-refractivity contribution is 5.92. The van der Waals surface area contributed by atoms with Gasteiger partial charge in [-0.15, -0.1) is 0 Å². The molecule has 5 nitrogen and oxygen atoms in total. The van der Waals surface area contributed by atoms with Crippen molar-refractivity contribution in [3.63, 3.8) is 0 Å². The first-order valence-corrected chi connectivity index (χ1v) is 7.08. The van der Waals surface area contributed by atoms with E-state index in [2.05, 4.69) is 5.32 Å². The number of esters is 1. The SMILES string of the molecule is CCOC(=O)c1ccc(NC2CC(OCC)C2)c(N)c1. The van der Waals surface area contributed by atoms with Crippen LogP contribution in [0.3, 0.4) is 0 Å². The molecule has 1 aliphatic rings. The van der Waals surface area contributed by atoms with Crippen LogP contribution < -0.4 is 11.1 Å². The minimum absolute atomic E-state index is 0.342. The molecule has 1 fully saturated rings. The van der Waals surface area contributed by atoms with Gasteiger partial charge in [0.2, 0.25) is 0 Å². The van der Waals surface area contributed by atoms with Crippen LogP contribution >= 0.6 is 0 Å². The molecule has 0 unspecified atom stereocenters. The Bertz CT molecular complexity index is 470. The van der Waals surface area contributed by atoms with Crippen molar-refractivity contribution in [2.45, 2.75) is 38.8 Å². The molecule has 0 saturated heterocycles. The number of anilines is 2. The van der Waals surface area contributed by atoms with Crippen molar-refractivity contribution < 1.29 is 14.3 Å². The first-order chi connectivity index (χ1) is 9.63. The van der Waals surface area contributed by atoms with Gasteiger partial charge >= 0.3 is 5.97 Å². The van der Waals surface area contributed by atoms with Gasteiger partial charge in [0, 0.05) is 12.6 Å². The number of hydrogen-bond acceptors (Lipinski definition) is 5. The number of benzene rings is 1. The fourth-order valence-electron chi connectivity index (χ4n) is 2.31. The van der Waals surface area contributed by atoms with Crippen molar-refractivity contribution in [1.82, 2.24) is 0 Å². The number of nitrogens with one attached hydrogen (secondary N) is 1. The van der Waals surface area contributed by atoms with Crippen molar-refractivity contribution in [3.8, 4) is 0 Å². The Morgan fingerprint density at radius 1 is 1.35 bits per heavy atom. The second kappa shape index (κ2) is 6.61. The van der Waals surface area contributed by atoms with Gasteiger partial charge in [-0.25, -0.2) is 4.79 Å². The van der Waals surface area contributed by atoms with Crippen molar-refractivity contribution >= 4 is 17.3 Å². The van der Waals surface area contributed by atoms with E-state index in [4.69, 9.17) is 15.2 Å². The second-order valence-corrected chi connectivity index (χ2v) is 4.91. The van der Waals surface area contributed by atoms with Crippen LogP contribution in [-0.2, 0) is 9.47 Å². The fourth-order valence-corrected chi connectivity index (χ4v) is 2.31. The van der Waals surface area contributed by atoms with Crippen LogP contribution in [-0.4, -0.2) is 31.3 Å². The summed E-state index contributed by atoms with van der Waals surface area (Å²) in [5.41, 5.74) is 7.88. The number of ether oxygens (including phenoxy) is 2. The minimum Gasteiger partial charge on any atom is -0.462 e. The molecule has 0 aliphatic heterocycles. The molecule has 110 valence electrons. The average Bonchev–Trinajstić information content (AvgIpc) is 2.38. The Morgan fingerprint density at radius 2 is 2.10 bits per heavy atom. The predicted molar refractivity (Wildman–Crippen MR) is 78.9 cm³/mol. The number of hydrogen-bond donors (Lipinski definition) is 2. The van der Waals surface area contributed by atoms with Gasteiger partial charge in [-0.3, -0.25) is 0 Å². The fraction of sp³-hybridized carbons (Fsp3) is 0.533. The van der Waals surface area contributed by atoms with Gasteiger partial charge in [0.25, 0.3) is 0 Å². The Hall–Kier alpha value is -1.75. The van der Waals surface area contributed by atoms with Crippen molar-refractivity contribution in [2.24, 2.45) is 0 Å². The van der Waals surface area contributed by atoms with E-state index in [-0.39, 0.29) is 5.97 Å². The molecular weight excluding hydrogens is 256 g/mol. The summed E-state index contributed by atoms with van der Waals surface area (Å²) in [6.07, 6.45) is 2.34. The monoisotopic (exact) mass is 278 g/mol. The summed E-state index contributed by atoms with van der Waals surface area (Å²) in [5, 5.41) is 3.38. The van der Waals surface area contributed by atoms with Crippen LogP contribution in [0, 0.1) is 0 Å². The maximum atomic E-state index is 11.6. The molecule has 2 rings (SSSR count). The summed E-state index contributed by atoms with van der Waals surface area (Å²) in [5.74, 6) is -0.342. The molecule has 0 spiro atoms. The van der Waals surface area contributed by atoms with E-state index in [0.717, 1.165) is 25.1 Å². The predicted octanol–water partition coefficient (Wildman–Crippen LogP) is 2.42. The van der Waals surface area contributed by atoms with E-state index >= 15 is 0 Å². The summed E-state index contributed by atoms with van der Waals surface area (Å²) < 4.78 is 10.5. The van der Waals surface area contributed by atoms with Gasteiger partial charge in [-0.2, -0.15) is 0 Å². The Morgan fingerprint density at radius 3 is 2.70 bits per heavy atom. The van der Waals surface area contributed by atoms with Gasteiger partial charge in [0.15, 0.2) is 0 Å². The summed E-state index contributed by atoms with van der Waals surface area (Å²) in [6.45, 7) is 4.91. The third-order valence-corrected chi connectivity index (χ3v) is 3.42. The minimum atomic E-state index is -0.342. The Kier molecular flexibility index (Phi) is 4.84. The highest BCUT2D eigenvalue weighted by Crippen LogP contribution is 2.29. The number of carbonyl (C=O) groups is 1. The van der Waals surface area contributed by atoms with Gasteiger partial charge in [-0.05, 0) is 44.9 Å². The third-order valence-electron chi connectivity index (χ3n) is 3.42. The molecule has 0 atom stereocenters. The van der Waals surface area contributed by atoms with Crippen LogP contribution in [0.4, 0.5) is 11.4 Å². The molecule has 0 bridgehead atoms. The molecule has 3 N–H and O–H groups in total. The first-order valence-electron chi connectivity index (χ1n) is 7.08. The van der Waals surface area contributed by atoms with E-state index in [1.54, 1.807) is 19.1 Å². The average molecular weight is 278 g/mol. The van der Waals surface area contributed by atoms with Gasteiger partial charge in [0.05, 0.1) is 29.6 Å². The summed E-state index contributed by atoms with van der Waals surface area (Å²) in [6, 6.07) is 5.60. The quantitative estimate of drug-likeness (QED) is 0.617. The van der Waals surface area contributed by atoms with Crippen molar-refractivity contribution in [3.05, 3.63) is 23.8 Å². The Labute approximate surface area is 119 Å². The molecule has 1 aromatic carbocycles. The molecule has 20 heavy (non-hydrogen) atoms. The Balaban J connectivity index is 1.92. The third kappa shape index (κ3) is 3.42. The molecule has 1 saturated carbocycles. The molecular formula is C15H22N2O3. The highest BCUT2D eigenvalue weighted by Gasteiger charge is 2.29. The number of nitrogen functional groups attached to an aromatic ring is 1. The standard InChI is InChI=1S/C15H22N2O3/c1-3-19-12-8-11(9-12)17-14-6-5-10(7-13(14)16)15(18)20-4-2/h5-7,11-12,17H,3-4,8-9,16H2,1-2H3. The maximum Gasteiger partial charge on any atom is 0.338 e. The summed E-state index contributed by atoms with van der Waals surface area (Å²) in [7, 11) is 0. The highest BCUT2D eigenvalue weighted by atomic mass is 16.5. The zero-order chi connectivity index (χ0) is 14.5. The lowest BCUT2D eigenvalue weighted by Crippen LogP contribution is -2.40. The zero-order valence-corrected chi connectivity index (χ0v) is 12.0. The second-order valence-electron chi connectivity index (χ2n) is 4.91. The zero-order valence-electron chi connectivity index (χ0n) is 12.0. The molecule has 5 heteroatoms. The largest absolute Gasteiger partial charge is 0.462 e. The van der Waals surface area contributed by atoms with Crippen LogP contribution in [0.15, 0.2) is 18.2 Å². The molecule has 1 aromatic rings. The smallest absolute Gasteiger partial charge is 0.338 e. The number of carbonyl (C=O) groups excluding carboxylic acids is 1. The number of rotatable bonds is 6. The van der Waals surface area contributed by atoms with Crippen LogP contribution in [0.2, 0.25) is 0 Å². The van der Waals surface area contributed by atoms with Crippen molar-refractivity contribution in [1.29, 1.82) is 0 Å². The van der Waals surface area contributed by atoms with Gasteiger partial charge in [0.1, 0.15) is 0 Å². The van der Waals surface area contributed by atoms with Crippen molar-refractivity contribution in [2.75, 3.05) is 24.3 Å². The van der Waals surface area contributed by atoms with E-state index < -0.39 is 0 Å². The molecule has 0 radical (unpaired) electrons. The maximum absolute atomic E-state index is 11.6. The van der Waals surface area contributed by atoms with Crippen LogP contribution in [0.25, 0.3) is 0 Å². The van der Waals surface area contributed by atoms with Crippen LogP contribution in [0.1, 0.15) is 37.0 Å². The molecule has 0 heterocycles. The molecule has 0 aromatic heterocycles. The topological polar surface area (TPSA) is 73.6 Å². The van der Waals surface area contributed by atoms with E-state index in [9.17, 15) is 4.79 Å².